The summed E-state index contributed by atoms with van der Waals surface area (Å²) < 4.78 is 8.70. The van der Waals surface area contributed by atoms with Crippen LogP contribution >= 0.6 is 22.6 Å². The second kappa shape index (κ2) is 5.01. The Morgan fingerprint density at radius 2 is 2.38 bits per heavy atom. The Hall–Kier alpha value is -0.820. The average Bonchev–Trinajstić information content (AvgIpc) is 2.76. The summed E-state index contributed by atoms with van der Waals surface area (Å²) >= 11 is 2.25. The third-order valence-corrected chi connectivity index (χ3v) is 2.91. The molecule has 0 radical (unpaired) electrons. The molecular weight excluding hydrogens is 317 g/mol. The number of furan rings is 1. The van der Waals surface area contributed by atoms with Crippen LogP contribution in [0.25, 0.3) is 0 Å². The summed E-state index contributed by atoms with van der Waals surface area (Å²) in [6.45, 7) is 3.52. The number of aromatic nitrogens is 2. The molecule has 5 heteroatoms. The zero-order valence-electron chi connectivity index (χ0n) is 9.33. The van der Waals surface area contributed by atoms with Crippen LogP contribution in [-0.4, -0.2) is 16.8 Å². The lowest BCUT2D eigenvalue weighted by Crippen LogP contribution is -2.03. The highest BCUT2D eigenvalue weighted by atomic mass is 127. The molecule has 0 saturated heterocycles. The quantitative estimate of drug-likeness (QED) is 0.873. The summed E-state index contributed by atoms with van der Waals surface area (Å²) in [7, 11) is 1.91. The molecule has 0 aromatic carbocycles. The van der Waals surface area contributed by atoms with Gasteiger partial charge < -0.3 is 9.73 Å². The van der Waals surface area contributed by atoms with E-state index in [1.54, 1.807) is 0 Å². The molecule has 2 aromatic heterocycles. The number of hydrogen-bond acceptors (Lipinski definition) is 3. The molecule has 0 spiro atoms. The summed E-state index contributed by atoms with van der Waals surface area (Å²) in [4.78, 5) is 0. The smallest absolute Gasteiger partial charge is 0.118 e. The Bertz CT molecular complexity index is 475. The fourth-order valence-corrected chi connectivity index (χ4v) is 2.05. The molecule has 1 N–H and O–H groups in total. The highest BCUT2D eigenvalue weighted by molar-refractivity contribution is 14.1. The highest BCUT2D eigenvalue weighted by Crippen LogP contribution is 2.16. The van der Waals surface area contributed by atoms with E-state index in [2.05, 4.69) is 39.1 Å². The van der Waals surface area contributed by atoms with E-state index in [4.69, 9.17) is 4.42 Å². The van der Waals surface area contributed by atoms with Crippen LogP contribution in [0.5, 0.6) is 0 Å². The molecule has 4 nitrogen and oxygen atoms in total. The van der Waals surface area contributed by atoms with E-state index in [1.807, 2.05) is 31.0 Å². The highest BCUT2D eigenvalue weighted by Gasteiger charge is 2.07. The van der Waals surface area contributed by atoms with Gasteiger partial charge in [-0.25, -0.2) is 0 Å². The topological polar surface area (TPSA) is 43.0 Å². The number of rotatable bonds is 4. The average molecular weight is 331 g/mol. The maximum atomic E-state index is 5.63. The Balaban J connectivity index is 2.14. The molecular formula is C11H14IN3O. The van der Waals surface area contributed by atoms with E-state index in [-0.39, 0.29) is 0 Å². The van der Waals surface area contributed by atoms with Crippen LogP contribution in [0.15, 0.2) is 22.9 Å². The van der Waals surface area contributed by atoms with Gasteiger partial charge in [-0.1, -0.05) is 0 Å². The number of aryl methyl sites for hydroxylation is 1. The van der Waals surface area contributed by atoms with Gasteiger partial charge in [-0.15, -0.1) is 0 Å². The first-order valence-electron chi connectivity index (χ1n) is 5.10. The standard InChI is InChI=1S/C11H14IN3O/c1-8-9(3-11(16-8)5-13-2)6-15-7-10(12)4-14-15/h3-4,7,13H,5-6H2,1-2H3. The van der Waals surface area contributed by atoms with Crippen molar-refractivity contribution in [3.8, 4) is 0 Å². The molecule has 0 aliphatic carbocycles. The van der Waals surface area contributed by atoms with Gasteiger partial charge in [0.1, 0.15) is 11.5 Å². The minimum Gasteiger partial charge on any atom is -0.465 e. The van der Waals surface area contributed by atoms with Gasteiger partial charge in [0.2, 0.25) is 0 Å². The van der Waals surface area contributed by atoms with Crippen molar-refractivity contribution in [1.29, 1.82) is 0 Å². The number of nitrogens with one attached hydrogen (secondary N) is 1. The molecule has 0 saturated carbocycles. The van der Waals surface area contributed by atoms with Gasteiger partial charge in [-0.05, 0) is 42.6 Å². The summed E-state index contributed by atoms with van der Waals surface area (Å²) in [5.41, 5.74) is 1.18. The first-order chi connectivity index (χ1) is 7.69. The van der Waals surface area contributed by atoms with Crippen molar-refractivity contribution in [2.75, 3.05) is 7.05 Å². The SMILES string of the molecule is CNCc1cc(Cn2cc(I)cn2)c(C)o1. The van der Waals surface area contributed by atoms with Crippen LogP contribution in [0.2, 0.25) is 0 Å². The molecule has 0 fully saturated rings. The van der Waals surface area contributed by atoms with Crippen molar-refractivity contribution >= 4 is 22.6 Å². The lowest BCUT2D eigenvalue weighted by Gasteiger charge is -1.98. The Kier molecular flexibility index (Phi) is 3.65. The molecule has 0 bridgehead atoms. The van der Waals surface area contributed by atoms with Gasteiger partial charge in [0, 0.05) is 11.8 Å². The van der Waals surface area contributed by atoms with Crippen molar-refractivity contribution in [3.05, 3.63) is 39.1 Å². The Labute approximate surface area is 108 Å². The van der Waals surface area contributed by atoms with Gasteiger partial charge in [-0.3, -0.25) is 4.68 Å². The largest absolute Gasteiger partial charge is 0.465 e. The first-order valence-corrected chi connectivity index (χ1v) is 6.17. The van der Waals surface area contributed by atoms with Crippen molar-refractivity contribution < 1.29 is 4.42 Å². The third-order valence-electron chi connectivity index (χ3n) is 2.36. The zero-order chi connectivity index (χ0) is 11.5. The Morgan fingerprint density at radius 3 is 3.00 bits per heavy atom. The summed E-state index contributed by atoms with van der Waals surface area (Å²) in [6.07, 6.45) is 3.87. The van der Waals surface area contributed by atoms with Gasteiger partial charge in [0.05, 0.1) is 22.9 Å². The molecule has 16 heavy (non-hydrogen) atoms. The maximum absolute atomic E-state index is 5.63. The molecule has 0 atom stereocenters. The molecule has 2 rings (SSSR count). The molecule has 0 unspecified atom stereocenters. The summed E-state index contributed by atoms with van der Waals surface area (Å²) in [6, 6.07) is 2.08. The van der Waals surface area contributed by atoms with Gasteiger partial charge in [-0.2, -0.15) is 5.10 Å². The summed E-state index contributed by atoms with van der Waals surface area (Å²) in [5.74, 6) is 1.94. The van der Waals surface area contributed by atoms with Crippen LogP contribution in [0.3, 0.4) is 0 Å². The van der Waals surface area contributed by atoms with Gasteiger partial charge in [0.15, 0.2) is 0 Å². The van der Waals surface area contributed by atoms with Crippen molar-refractivity contribution in [3.63, 3.8) is 0 Å². The van der Waals surface area contributed by atoms with Crippen molar-refractivity contribution in [1.82, 2.24) is 15.1 Å². The zero-order valence-corrected chi connectivity index (χ0v) is 11.5. The van der Waals surface area contributed by atoms with E-state index in [0.717, 1.165) is 28.2 Å². The second-order valence-corrected chi connectivity index (χ2v) is 4.93. The molecule has 0 amide bonds. The summed E-state index contributed by atoms with van der Waals surface area (Å²) in [5, 5.41) is 7.33. The maximum Gasteiger partial charge on any atom is 0.118 e. The minimum absolute atomic E-state index is 0.761. The van der Waals surface area contributed by atoms with Crippen LogP contribution in [0.1, 0.15) is 17.1 Å². The predicted octanol–water partition coefficient (Wildman–Crippen LogP) is 2.16. The molecule has 2 heterocycles. The Morgan fingerprint density at radius 1 is 1.56 bits per heavy atom. The van der Waals surface area contributed by atoms with Crippen LogP contribution < -0.4 is 5.32 Å². The monoisotopic (exact) mass is 331 g/mol. The lowest BCUT2D eigenvalue weighted by atomic mass is 10.2. The number of hydrogen-bond donors (Lipinski definition) is 1. The molecule has 0 aliphatic rings. The lowest BCUT2D eigenvalue weighted by molar-refractivity contribution is 0.468. The van der Waals surface area contributed by atoms with Crippen LogP contribution in [-0.2, 0) is 13.1 Å². The van der Waals surface area contributed by atoms with Gasteiger partial charge in [0.25, 0.3) is 0 Å². The molecule has 86 valence electrons. The first kappa shape index (κ1) is 11.7. The minimum atomic E-state index is 0.761. The van der Waals surface area contributed by atoms with Crippen molar-refractivity contribution in [2.24, 2.45) is 0 Å². The predicted molar refractivity (Wildman–Crippen MR) is 70.3 cm³/mol. The van der Waals surface area contributed by atoms with E-state index >= 15 is 0 Å². The number of nitrogens with zero attached hydrogens (tertiary/aromatic N) is 2. The molecule has 0 aliphatic heterocycles. The van der Waals surface area contributed by atoms with Crippen LogP contribution in [0.4, 0.5) is 0 Å². The molecule has 2 aromatic rings. The van der Waals surface area contributed by atoms with E-state index in [9.17, 15) is 0 Å². The second-order valence-electron chi connectivity index (χ2n) is 3.68. The third kappa shape index (κ3) is 2.65. The van der Waals surface area contributed by atoms with E-state index < -0.39 is 0 Å². The fraction of sp³-hybridized carbons (Fsp3) is 0.364. The normalized spacial score (nSPS) is 10.9. The fourth-order valence-electron chi connectivity index (χ4n) is 1.61. The van der Waals surface area contributed by atoms with Gasteiger partial charge >= 0.3 is 0 Å². The number of halogens is 1. The van der Waals surface area contributed by atoms with Crippen LogP contribution in [0, 0.1) is 10.5 Å². The van der Waals surface area contributed by atoms with Crippen molar-refractivity contribution in [2.45, 2.75) is 20.0 Å². The van der Waals surface area contributed by atoms with E-state index in [1.165, 1.54) is 5.56 Å². The van der Waals surface area contributed by atoms with E-state index in [0.29, 0.717) is 0 Å².